The highest BCUT2D eigenvalue weighted by atomic mass is 127. The highest BCUT2D eigenvalue weighted by Gasteiger charge is 2.22. The molecular formula is C18H30IN5O2. The van der Waals surface area contributed by atoms with Crippen LogP contribution < -0.4 is 20.1 Å². The number of nitrogens with one attached hydrogen (secondary N) is 2. The Morgan fingerprint density at radius 2 is 2.00 bits per heavy atom. The first-order valence-electron chi connectivity index (χ1n) is 8.95. The van der Waals surface area contributed by atoms with Crippen molar-refractivity contribution in [3.05, 3.63) is 23.8 Å². The number of ether oxygens (including phenoxy) is 2. The first kappa shape index (κ1) is 21.0. The average molecular weight is 475 g/mol. The van der Waals surface area contributed by atoms with Crippen LogP contribution in [0.3, 0.4) is 0 Å². The number of halogens is 1. The fraction of sp³-hybridized carbons (Fsp3) is 0.611. The minimum Gasteiger partial charge on any atom is -0.454 e. The lowest BCUT2D eigenvalue weighted by Gasteiger charge is -2.37. The van der Waals surface area contributed by atoms with Crippen molar-refractivity contribution >= 4 is 29.9 Å². The molecule has 2 heterocycles. The molecular weight excluding hydrogens is 445 g/mol. The van der Waals surface area contributed by atoms with E-state index < -0.39 is 0 Å². The van der Waals surface area contributed by atoms with Crippen molar-refractivity contribution in [3.8, 4) is 11.5 Å². The molecule has 2 aliphatic heterocycles. The first-order chi connectivity index (χ1) is 12.2. The third-order valence-electron chi connectivity index (χ3n) is 4.69. The summed E-state index contributed by atoms with van der Waals surface area (Å²) in [5.41, 5.74) is 1.11. The van der Waals surface area contributed by atoms with Gasteiger partial charge in [-0.2, -0.15) is 0 Å². The van der Waals surface area contributed by atoms with Crippen LogP contribution >= 0.6 is 24.0 Å². The van der Waals surface area contributed by atoms with E-state index >= 15 is 0 Å². The maximum absolute atomic E-state index is 5.43. The lowest BCUT2D eigenvalue weighted by atomic mass is 10.2. The summed E-state index contributed by atoms with van der Waals surface area (Å²) in [5, 5.41) is 6.80. The number of hydrogen-bond donors (Lipinski definition) is 2. The Bertz CT molecular complexity index is 613. The highest BCUT2D eigenvalue weighted by Crippen LogP contribution is 2.32. The SMILES string of the molecule is CCNC(=NCc1ccc2c(c1)OCO2)NCC1CN(C)CCN1C.I. The topological polar surface area (TPSA) is 61.4 Å². The van der Waals surface area contributed by atoms with Crippen molar-refractivity contribution in [2.75, 3.05) is 53.6 Å². The van der Waals surface area contributed by atoms with E-state index in [0.717, 1.165) is 55.7 Å². The Hall–Kier alpha value is -1.26. The predicted octanol–water partition coefficient (Wildman–Crippen LogP) is 1.33. The Balaban J connectivity index is 0.00000243. The van der Waals surface area contributed by atoms with Crippen LogP contribution in [0.5, 0.6) is 11.5 Å². The van der Waals surface area contributed by atoms with Crippen molar-refractivity contribution in [3.63, 3.8) is 0 Å². The fourth-order valence-electron chi connectivity index (χ4n) is 3.09. The zero-order valence-corrected chi connectivity index (χ0v) is 18.2. The molecule has 2 aliphatic rings. The predicted molar refractivity (Wildman–Crippen MR) is 115 cm³/mol. The molecule has 1 atom stereocenters. The summed E-state index contributed by atoms with van der Waals surface area (Å²) < 4.78 is 10.8. The molecule has 1 unspecified atom stereocenters. The summed E-state index contributed by atoms with van der Waals surface area (Å²) in [5.74, 6) is 2.46. The lowest BCUT2D eigenvalue weighted by Crippen LogP contribution is -2.55. The number of rotatable bonds is 5. The maximum Gasteiger partial charge on any atom is 0.231 e. The molecule has 1 fully saturated rings. The molecule has 0 bridgehead atoms. The number of likely N-dealkylation sites (N-methyl/N-ethyl adjacent to an activating group) is 2. The second-order valence-corrected chi connectivity index (χ2v) is 6.66. The number of guanidine groups is 1. The van der Waals surface area contributed by atoms with Gasteiger partial charge in [0.15, 0.2) is 17.5 Å². The van der Waals surface area contributed by atoms with Gasteiger partial charge >= 0.3 is 0 Å². The second-order valence-electron chi connectivity index (χ2n) is 6.66. The van der Waals surface area contributed by atoms with Gasteiger partial charge in [0.05, 0.1) is 6.54 Å². The van der Waals surface area contributed by atoms with Crippen molar-refractivity contribution in [1.29, 1.82) is 0 Å². The van der Waals surface area contributed by atoms with E-state index in [9.17, 15) is 0 Å². The van der Waals surface area contributed by atoms with Gasteiger partial charge in [-0.15, -0.1) is 24.0 Å². The summed E-state index contributed by atoms with van der Waals surface area (Å²) in [7, 11) is 4.37. The lowest BCUT2D eigenvalue weighted by molar-refractivity contribution is 0.116. The van der Waals surface area contributed by atoms with Crippen molar-refractivity contribution in [2.45, 2.75) is 19.5 Å². The molecule has 0 aliphatic carbocycles. The van der Waals surface area contributed by atoms with E-state index in [-0.39, 0.29) is 24.0 Å². The monoisotopic (exact) mass is 475 g/mol. The average Bonchev–Trinajstić information content (AvgIpc) is 3.07. The van der Waals surface area contributed by atoms with Gasteiger partial charge in [-0.05, 0) is 38.7 Å². The maximum atomic E-state index is 5.43. The first-order valence-corrected chi connectivity index (χ1v) is 8.95. The summed E-state index contributed by atoms with van der Waals surface area (Å²) in [6.07, 6.45) is 0. The van der Waals surface area contributed by atoms with Gasteiger partial charge in [-0.3, -0.25) is 4.90 Å². The number of fused-ring (bicyclic) bond motifs is 1. The van der Waals surface area contributed by atoms with Gasteiger partial charge in [-0.1, -0.05) is 6.07 Å². The largest absolute Gasteiger partial charge is 0.454 e. The molecule has 2 N–H and O–H groups in total. The second kappa shape index (κ2) is 10.2. The zero-order chi connectivity index (χ0) is 17.6. The minimum absolute atomic E-state index is 0. The van der Waals surface area contributed by atoms with E-state index in [1.807, 2.05) is 18.2 Å². The summed E-state index contributed by atoms with van der Waals surface area (Å²) in [4.78, 5) is 9.49. The number of hydrogen-bond acceptors (Lipinski definition) is 5. The molecule has 7 nitrogen and oxygen atoms in total. The van der Waals surface area contributed by atoms with E-state index in [1.165, 1.54) is 0 Å². The molecule has 0 saturated carbocycles. The smallest absolute Gasteiger partial charge is 0.231 e. The minimum atomic E-state index is 0. The van der Waals surface area contributed by atoms with Gasteiger partial charge in [0.25, 0.3) is 0 Å². The van der Waals surface area contributed by atoms with Crippen molar-refractivity contribution in [1.82, 2.24) is 20.4 Å². The Kier molecular flexibility index (Phi) is 8.23. The van der Waals surface area contributed by atoms with Crippen LogP contribution in [0.15, 0.2) is 23.2 Å². The number of nitrogens with zero attached hydrogens (tertiary/aromatic N) is 3. The zero-order valence-electron chi connectivity index (χ0n) is 15.8. The quantitative estimate of drug-likeness (QED) is 0.381. The highest BCUT2D eigenvalue weighted by molar-refractivity contribution is 14.0. The van der Waals surface area contributed by atoms with E-state index in [1.54, 1.807) is 0 Å². The van der Waals surface area contributed by atoms with Crippen LogP contribution in [0.4, 0.5) is 0 Å². The third-order valence-corrected chi connectivity index (χ3v) is 4.69. The van der Waals surface area contributed by atoms with Gasteiger partial charge < -0.3 is 25.0 Å². The fourth-order valence-corrected chi connectivity index (χ4v) is 3.09. The van der Waals surface area contributed by atoms with Crippen LogP contribution in [-0.2, 0) is 6.54 Å². The van der Waals surface area contributed by atoms with Gasteiger partial charge in [0, 0.05) is 38.8 Å². The molecule has 8 heteroatoms. The van der Waals surface area contributed by atoms with Crippen LogP contribution in [0.2, 0.25) is 0 Å². The van der Waals surface area contributed by atoms with E-state index in [0.29, 0.717) is 19.4 Å². The molecule has 146 valence electrons. The number of aliphatic imine (C=N–C) groups is 1. The van der Waals surface area contributed by atoms with Crippen LogP contribution in [0, 0.1) is 0 Å². The number of piperazine rings is 1. The molecule has 0 amide bonds. The molecule has 1 saturated heterocycles. The Morgan fingerprint density at radius 1 is 1.19 bits per heavy atom. The Morgan fingerprint density at radius 3 is 2.81 bits per heavy atom. The summed E-state index contributed by atoms with van der Waals surface area (Å²) >= 11 is 0. The molecule has 0 aromatic heterocycles. The molecule has 1 aromatic rings. The molecule has 26 heavy (non-hydrogen) atoms. The summed E-state index contributed by atoms with van der Waals surface area (Å²) in [6.45, 7) is 8.02. The van der Waals surface area contributed by atoms with E-state index in [4.69, 9.17) is 14.5 Å². The van der Waals surface area contributed by atoms with Crippen LogP contribution in [-0.4, -0.2) is 75.4 Å². The van der Waals surface area contributed by atoms with Crippen LogP contribution in [0.25, 0.3) is 0 Å². The standard InChI is InChI=1S/C18H29N5O2.HI/c1-4-19-18(21-11-15-12-22(2)7-8-23(15)3)20-10-14-5-6-16-17(9-14)25-13-24-16;/h5-6,9,15H,4,7-8,10-13H2,1-3H3,(H2,19,20,21);1H. The summed E-state index contributed by atoms with van der Waals surface area (Å²) in [6, 6.07) is 6.47. The Labute approximate surface area is 173 Å². The third kappa shape index (κ3) is 5.62. The normalized spacial score (nSPS) is 20.6. The van der Waals surface area contributed by atoms with Crippen molar-refractivity contribution < 1.29 is 9.47 Å². The number of benzene rings is 1. The van der Waals surface area contributed by atoms with E-state index in [2.05, 4.69) is 41.5 Å². The molecule has 0 radical (unpaired) electrons. The van der Waals surface area contributed by atoms with Gasteiger partial charge in [-0.25, -0.2) is 4.99 Å². The van der Waals surface area contributed by atoms with Crippen LogP contribution in [0.1, 0.15) is 12.5 Å². The molecule has 3 rings (SSSR count). The molecule has 1 aromatic carbocycles. The molecule has 0 spiro atoms. The van der Waals surface area contributed by atoms with Gasteiger partial charge in [0.1, 0.15) is 0 Å². The van der Waals surface area contributed by atoms with Crippen molar-refractivity contribution in [2.24, 2.45) is 4.99 Å². The van der Waals surface area contributed by atoms with Gasteiger partial charge in [0.2, 0.25) is 6.79 Å².